The summed E-state index contributed by atoms with van der Waals surface area (Å²) < 4.78 is 0. The fraction of sp³-hybridized carbons (Fsp3) is 0.933. The SMILES string of the molecule is CCC(CC)CC(O)C1CC(C)CC(C)C1=O. The lowest BCUT2D eigenvalue weighted by Crippen LogP contribution is -2.38. The molecule has 100 valence electrons. The Labute approximate surface area is 106 Å². The Hall–Kier alpha value is -0.370. The van der Waals surface area contributed by atoms with Gasteiger partial charge in [0.25, 0.3) is 0 Å². The molecule has 0 radical (unpaired) electrons. The Morgan fingerprint density at radius 1 is 1.24 bits per heavy atom. The molecular weight excluding hydrogens is 212 g/mol. The van der Waals surface area contributed by atoms with Crippen LogP contribution in [-0.4, -0.2) is 17.0 Å². The normalized spacial score (nSPS) is 31.9. The maximum Gasteiger partial charge on any atom is 0.141 e. The zero-order valence-electron chi connectivity index (χ0n) is 11.8. The van der Waals surface area contributed by atoms with Gasteiger partial charge in [-0.05, 0) is 31.1 Å². The summed E-state index contributed by atoms with van der Waals surface area (Å²) >= 11 is 0. The average molecular weight is 240 g/mol. The van der Waals surface area contributed by atoms with Gasteiger partial charge in [0.2, 0.25) is 0 Å². The molecule has 0 bridgehead atoms. The molecule has 4 atom stereocenters. The van der Waals surface area contributed by atoms with Crippen LogP contribution in [0.5, 0.6) is 0 Å². The number of carbonyl (C=O) groups is 1. The largest absolute Gasteiger partial charge is 0.392 e. The van der Waals surface area contributed by atoms with Gasteiger partial charge in [-0.15, -0.1) is 0 Å². The topological polar surface area (TPSA) is 37.3 Å². The van der Waals surface area contributed by atoms with Crippen LogP contribution in [0.1, 0.15) is 59.8 Å². The molecule has 1 saturated carbocycles. The summed E-state index contributed by atoms with van der Waals surface area (Å²) in [4.78, 5) is 12.1. The molecule has 0 aliphatic heterocycles. The van der Waals surface area contributed by atoms with Crippen molar-refractivity contribution < 1.29 is 9.90 Å². The van der Waals surface area contributed by atoms with Crippen molar-refractivity contribution in [3.8, 4) is 0 Å². The lowest BCUT2D eigenvalue weighted by atomic mass is 9.72. The van der Waals surface area contributed by atoms with Gasteiger partial charge in [-0.25, -0.2) is 0 Å². The quantitative estimate of drug-likeness (QED) is 0.799. The minimum absolute atomic E-state index is 0.102. The first-order chi connectivity index (χ1) is 7.99. The van der Waals surface area contributed by atoms with Crippen LogP contribution >= 0.6 is 0 Å². The lowest BCUT2D eigenvalue weighted by molar-refractivity contribution is -0.134. The van der Waals surface area contributed by atoms with Crippen LogP contribution in [-0.2, 0) is 4.79 Å². The van der Waals surface area contributed by atoms with E-state index in [0.29, 0.717) is 17.6 Å². The molecule has 2 nitrogen and oxygen atoms in total. The van der Waals surface area contributed by atoms with Gasteiger partial charge in [0, 0.05) is 11.8 Å². The molecule has 0 heterocycles. The Balaban J connectivity index is 2.60. The van der Waals surface area contributed by atoms with Crippen molar-refractivity contribution in [2.75, 3.05) is 0 Å². The standard InChI is InChI=1S/C15H28O2/c1-5-12(6-2)9-14(16)13-8-10(3)7-11(4)15(13)17/h10-14,16H,5-9H2,1-4H3. The van der Waals surface area contributed by atoms with Crippen LogP contribution in [0.3, 0.4) is 0 Å². The Bertz CT molecular complexity index is 245. The van der Waals surface area contributed by atoms with Crippen molar-refractivity contribution in [1.82, 2.24) is 0 Å². The first-order valence-corrected chi connectivity index (χ1v) is 7.21. The van der Waals surface area contributed by atoms with E-state index in [4.69, 9.17) is 0 Å². The molecule has 0 saturated heterocycles. The molecule has 17 heavy (non-hydrogen) atoms. The second kappa shape index (κ2) is 6.53. The highest BCUT2D eigenvalue weighted by Gasteiger charge is 2.36. The molecule has 0 spiro atoms. The number of Topliss-reactive ketones (excluding diaryl/α,β-unsaturated/α-hetero) is 1. The van der Waals surface area contributed by atoms with E-state index >= 15 is 0 Å². The van der Waals surface area contributed by atoms with Crippen molar-refractivity contribution in [3.05, 3.63) is 0 Å². The highest BCUT2D eigenvalue weighted by molar-refractivity contribution is 5.84. The van der Waals surface area contributed by atoms with Crippen LogP contribution in [0.4, 0.5) is 0 Å². The molecule has 1 N–H and O–H groups in total. The maximum absolute atomic E-state index is 12.1. The third-order valence-electron chi connectivity index (χ3n) is 4.46. The van der Waals surface area contributed by atoms with Gasteiger partial charge in [0.1, 0.15) is 5.78 Å². The van der Waals surface area contributed by atoms with Crippen LogP contribution in [0, 0.1) is 23.7 Å². The van der Waals surface area contributed by atoms with E-state index in [1.165, 1.54) is 0 Å². The molecule has 1 aliphatic carbocycles. The van der Waals surface area contributed by atoms with Crippen LogP contribution in [0.25, 0.3) is 0 Å². The summed E-state index contributed by atoms with van der Waals surface area (Å²) in [5, 5.41) is 10.3. The van der Waals surface area contributed by atoms with Crippen LogP contribution < -0.4 is 0 Å². The van der Waals surface area contributed by atoms with Crippen molar-refractivity contribution in [2.45, 2.75) is 65.9 Å². The van der Waals surface area contributed by atoms with E-state index < -0.39 is 6.10 Å². The van der Waals surface area contributed by atoms with Gasteiger partial charge in [-0.3, -0.25) is 4.79 Å². The summed E-state index contributed by atoms with van der Waals surface area (Å²) in [7, 11) is 0. The number of ketones is 1. The zero-order valence-corrected chi connectivity index (χ0v) is 11.8. The fourth-order valence-electron chi connectivity index (χ4n) is 3.21. The third kappa shape index (κ3) is 3.80. The van der Waals surface area contributed by atoms with Gasteiger partial charge in [0.15, 0.2) is 0 Å². The van der Waals surface area contributed by atoms with E-state index in [2.05, 4.69) is 20.8 Å². The maximum atomic E-state index is 12.1. The summed E-state index contributed by atoms with van der Waals surface area (Å²) in [5.74, 6) is 1.46. The molecule has 1 rings (SSSR count). The number of hydrogen-bond acceptors (Lipinski definition) is 2. The van der Waals surface area contributed by atoms with Crippen molar-refractivity contribution >= 4 is 5.78 Å². The highest BCUT2D eigenvalue weighted by atomic mass is 16.3. The van der Waals surface area contributed by atoms with Gasteiger partial charge in [-0.2, -0.15) is 0 Å². The Kier molecular flexibility index (Phi) is 5.64. The number of carbonyl (C=O) groups excluding carboxylic acids is 1. The lowest BCUT2D eigenvalue weighted by Gasteiger charge is -2.34. The van der Waals surface area contributed by atoms with Crippen molar-refractivity contribution in [3.63, 3.8) is 0 Å². The van der Waals surface area contributed by atoms with E-state index in [1.807, 2.05) is 6.92 Å². The molecule has 2 heteroatoms. The van der Waals surface area contributed by atoms with Crippen LogP contribution in [0.15, 0.2) is 0 Å². The number of hydrogen-bond donors (Lipinski definition) is 1. The molecule has 0 aromatic heterocycles. The van der Waals surface area contributed by atoms with E-state index in [-0.39, 0.29) is 11.8 Å². The van der Waals surface area contributed by atoms with Gasteiger partial charge in [-0.1, -0.05) is 40.5 Å². The molecule has 1 fully saturated rings. The van der Waals surface area contributed by atoms with Crippen molar-refractivity contribution in [2.24, 2.45) is 23.7 Å². The summed E-state index contributed by atoms with van der Waals surface area (Å²) in [6, 6.07) is 0. The first kappa shape index (κ1) is 14.7. The molecule has 0 amide bonds. The molecule has 4 unspecified atom stereocenters. The second-order valence-corrected chi connectivity index (χ2v) is 5.97. The number of aliphatic hydroxyl groups excluding tert-OH is 1. The Morgan fingerprint density at radius 2 is 1.82 bits per heavy atom. The summed E-state index contributed by atoms with van der Waals surface area (Å²) in [6.45, 7) is 8.53. The molecule has 0 aromatic carbocycles. The second-order valence-electron chi connectivity index (χ2n) is 5.97. The first-order valence-electron chi connectivity index (χ1n) is 7.21. The minimum Gasteiger partial charge on any atom is -0.392 e. The van der Waals surface area contributed by atoms with Gasteiger partial charge < -0.3 is 5.11 Å². The predicted molar refractivity (Wildman–Crippen MR) is 70.8 cm³/mol. The molecular formula is C15H28O2. The van der Waals surface area contributed by atoms with Gasteiger partial charge >= 0.3 is 0 Å². The summed E-state index contributed by atoms with van der Waals surface area (Å²) in [5.41, 5.74) is 0. The van der Waals surface area contributed by atoms with E-state index in [9.17, 15) is 9.90 Å². The van der Waals surface area contributed by atoms with Crippen LogP contribution in [0.2, 0.25) is 0 Å². The monoisotopic (exact) mass is 240 g/mol. The van der Waals surface area contributed by atoms with Gasteiger partial charge in [0.05, 0.1) is 6.10 Å². The molecule has 1 aliphatic rings. The van der Waals surface area contributed by atoms with Crippen molar-refractivity contribution in [1.29, 1.82) is 0 Å². The third-order valence-corrected chi connectivity index (χ3v) is 4.46. The predicted octanol–water partition coefficient (Wildman–Crippen LogP) is 3.42. The minimum atomic E-state index is -0.419. The smallest absolute Gasteiger partial charge is 0.141 e. The molecule has 0 aromatic rings. The highest BCUT2D eigenvalue weighted by Crippen LogP contribution is 2.34. The zero-order chi connectivity index (χ0) is 13.0. The summed E-state index contributed by atoms with van der Waals surface area (Å²) in [6.07, 6.45) is 4.44. The van der Waals surface area contributed by atoms with E-state index in [1.54, 1.807) is 0 Å². The average Bonchev–Trinajstić information content (AvgIpc) is 2.30. The number of aliphatic hydroxyl groups is 1. The fourth-order valence-corrected chi connectivity index (χ4v) is 3.21. The van der Waals surface area contributed by atoms with E-state index in [0.717, 1.165) is 32.1 Å². The Morgan fingerprint density at radius 3 is 2.35 bits per heavy atom. The number of rotatable bonds is 5.